The lowest BCUT2D eigenvalue weighted by molar-refractivity contribution is -0.115. The third-order valence-electron chi connectivity index (χ3n) is 4.06. The quantitative estimate of drug-likeness (QED) is 0.418. The first kappa shape index (κ1) is 17.1. The van der Waals surface area contributed by atoms with Gasteiger partial charge in [-0.1, -0.05) is 54.6 Å². The third kappa shape index (κ3) is 3.47. The van der Waals surface area contributed by atoms with Gasteiger partial charge in [0.05, 0.1) is 10.5 Å². The van der Waals surface area contributed by atoms with Crippen LogP contribution in [0.15, 0.2) is 71.6 Å². The summed E-state index contributed by atoms with van der Waals surface area (Å²) >= 11 is 0.815. The van der Waals surface area contributed by atoms with Crippen LogP contribution in [-0.2, 0) is 4.79 Å². The number of carbonyl (C=O) groups is 3. The Hall–Kier alpha value is -3.38. The Balaban J connectivity index is 1.67. The maximum absolute atomic E-state index is 12.8. The summed E-state index contributed by atoms with van der Waals surface area (Å²) in [6, 6.07) is 19.9. The first-order chi connectivity index (χ1) is 13.1. The Morgan fingerprint density at radius 1 is 0.926 bits per heavy atom. The molecule has 3 aromatic rings. The highest BCUT2D eigenvalue weighted by Gasteiger charge is 2.25. The number of fused-ring (bicyclic) bond motifs is 1. The van der Waals surface area contributed by atoms with Crippen LogP contribution < -0.4 is 10.1 Å². The second kappa shape index (κ2) is 7.09. The molecule has 1 fully saturated rings. The van der Waals surface area contributed by atoms with Crippen molar-refractivity contribution in [3.63, 3.8) is 0 Å². The van der Waals surface area contributed by atoms with Crippen molar-refractivity contribution in [2.75, 3.05) is 0 Å². The highest BCUT2D eigenvalue weighted by atomic mass is 32.2. The Kier molecular flexibility index (Phi) is 4.48. The second-order valence-corrected chi connectivity index (χ2v) is 6.82. The van der Waals surface area contributed by atoms with Crippen molar-refractivity contribution in [1.82, 2.24) is 5.32 Å². The van der Waals surface area contributed by atoms with E-state index in [4.69, 9.17) is 4.74 Å². The zero-order valence-corrected chi connectivity index (χ0v) is 14.8. The van der Waals surface area contributed by atoms with Crippen LogP contribution in [0.3, 0.4) is 0 Å². The van der Waals surface area contributed by atoms with Crippen LogP contribution in [0.4, 0.5) is 4.79 Å². The molecule has 27 heavy (non-hydrogen) atoms. The van der Waals surface area contributed by atoms with Gasteiger partial charge >= 0.3 is 5.97 Å². The van der Waals surface area contributed by atoms with Gasteiger partial charge < -0.3 is 4.74 Å². The average molecular weight is 375 g/mol. The highest BCUT2D eigenvalue weighted by Crippen LogP contribution is 2.30. The zero-order chi connectivity index (χ0) is 18.8. The molecule has 1 aliphatic heterocycles. The number of hydrogen-bond donors (Lipinski definition) is 1. The Morgan fingerprint density at radius 2 is 1.67 bits per heavy atom. The number of rotatable bonds is 3. The van der Waals surface area contributed by atoms with E-state index >= 15 is 0 Å². The van der Waals surface area contributed by atoms with Crippen molar-refractivity contribution in [2.45, 2.75) is 0 Å². The van der Waals surface area contributed by atoms with Crippen molar-refractivity contribution < 1.29 is 19.1 Å². The van der Waals surface area contributed by atoms with Gasteiger partial charge in [0, 0.05) is 5.56 Å². The fourth-order valence-electron chi connectivity index (χ4n) is 2.81. The zero-order valence-electron chi connectivity index (χ0n) is 14.0. The Morgan fingerprint density at radius 3 is 2.48 bits per heavy atom. The molecule has 6 heteroatoms. The molecule has 1 saturated heterocycles. The summed E-state index contributed by atoms with van der Waals surface area (Å²) in [6.45, 7) is 0. The molecule has 0 aromatic heterocycles. The number of nitrogens with one attached hydrogen (secondary N) is 1. The predicted octanol–water partition coefficient (Wildman–Crippen LogP) is 4.38. The molecule has 0 atom stereocenters. The van der Waals surface area contributed by atoms with Gasteiger partial charge in [0.25, 0.3) is 11.1 Å². The van der Waals surface area contributed by atoms with Crippen LogP contribution >= 0.6 is 11.8 Å². The van der Waals surface area contributed by atoms with E-state index < -0.39 is 17.1 Å². The maximum atomic E-state index is 12.8. The smallest absolute Gasteiger partial charge is 0.344 e. The van der Waals surface area contributed by atoms with Crippen LogP contribution in [-0.4, -0.2) is 17.1 Å². The van der Waals surface area contributed by atoms with Crippen molar-refractivity contribution in [2.24, 2.45) is 0 Å². The molecule has 3 aromatic carbocycles. The van der Waals surface area contributed by atoms with Crippen LogP contribution in [0.25, 0.3) is 16.8 Å². The molecule has 0 radical (unpaired) electrons. The molecule has 0 saturated carbocycles. The molecule has 1 N–H and O–H groups in total. The summed E-state index contributed by atoms with van der Waals surface area (Å²) in [5.41, 5.74) is 0.997. The van der Waals surface area contributed by atoms with Crippen LogP contribution in [0.2, 0.25) is 0 Å². The molecule has 0 spiro atoms. The monoisotopic (exact) mass is 375 g/mol. The number of ether oxygens (including phenoxy) is 1. The number of esters is 1. The van der Waals surface area contributed by atoms with E-state index in [1.807, 2.05) is 30.3 Å². The average Bonchev–Trinajstić information content (AvgIpc) is 2.99. The van der Waals surface area contributed by atoms with Crippen LogP contribution in [0.1, 0.15) is 15.9 Å². The normalized spacial score (nSPS) is 15.2. The first-order valence-corrected chi connectivity index (χ1v) is 8.97. The number of hydrogen-bond acceptors (Lipinski definition) is 5. The van der Waals surface area contributed by atoms with E-state index in [-0.39, 0.29) is 4.91 Å². The van der Waals surface area contributed by atoms with Gasteiger partial charge in [-0.2, -0.15) is 0 Å². The second-order valence-electron chi connectivity index (χ2n) is 5.81. The molecule has 0 bridgehead atoms. The minimum atomic E-state index is -0.489. The predicted molar refractivity (Wildman–Crippen MR) is 104 cm³/mol. The minimum Gasteiger partial charge on any atom is -0.422 e. The lowest BCUT2D eigenvalue weighted by atomic mass is 10.0. The number of imide groups is 1. The fraction of sp³-hybridized carbons (Fsp3) is 0. The molecule has 5 nitrogen and oxygen atoms in total. The van der Waals surface area contributed by atoms with E-state index in [1.54, 1.807) is 36.4 Å². The van der Waals surface area contributed by atoms with Gasteiger partial charge in [-0.3, -0.25) is 14.9 Å². The number of para-hydroxylation sites is 1. The molecule has 1 heterocycles. The summed E-state index contributed by atoms with van der Waals surface area (Å²) in [5, 5.41) is 3.53. The topological polar surface area (TPSA) is 72.5 Å². The van der Waals surface area contributed by atoms with Crippen molar-refractivity contribution in [3.05, 3.63) is 82.8 Å². The summed E-state index contributed by atoms with van der Waals surface area (Å²) < 4.78 is 5.60. The van der Waals surface area contributed by atoms with Gasteiger partial charge in [0.2, 0.25) is 0 Å². The molecule has 132 valence electrons. The molecule has 1 aliphatic rings. The lowest BCUT2D eigenvalue weighted by Crippen LogP contribution is -2.17. The SMILES string of the molecule is O=C1NC(=O)/C(=C/c2ccccc2OC(=O)c2cccc3ccccc23)S1. The Bertz CT molecular complexity index is 1110. The van der Waals surface area contributed by atoms with Crippen molar-refractivity contribution >= 4 is 45.7 Å². The molecule has 0 aliphatic carbocycles. The van der Waals surface area contributed by atoms with Crippen molar-refractivity contribution in [1.29, 1.82) is 0 Å². The maximum Gasteiger partial charge on any atom is 0.344 e. The fourth-order valence-corrected chi connectivity index (χ4v) is 3.49. The van der Waals surface area contributed by atoms with Crippen molar-refractivity contribution in [3.8, 4) is 5.75 Å². The van der Waals surface area contributed by atoms with Gasteiger partial charge in [0.1, 0.15) is 5.75 Å². The molecule has 0 unspecified atom stereocenters. The van der Waals surface area contributed by atoms with Crippen LogP contribution in [0.5, 0.6) is 5.75 Å². The van der Waals surface area contributed by atoms with E-state index in [2.05, 4.69) is 5.32 Å². The van der Waals surface area contributed by atoms with Crippen LogP contribution in [0, 0.1) is 0 Å². The molecule has 2 amide bonds. The molecular weight excluding hydrogens is 362 g/mol. The lowest BCUT2D eigenvalue weighted by Gasteiger charge is -2.09. The van der Waals surface area contributed by atoms with Gasteiger partial charge in [-0.15, -0.1) is 0 Å². The summed E-state index contributed by atoms with van der Waals surface area (Å²) in [5.74, 6) is -0.631. The molecule has 4 rings (SSSR count). The van der Waals surface area contributed by atoms with E-state index in [9.17, 15) is 14.4 Å². The minimum absolute atomic E-state index is 0.258. The largest absolute Gasteiger partial charge is 0.422 e. The summed E-state index contributed by atoms with van der Waals surface area (Å²) in [4.78, 5) is 36.1. The van der Waals surface area contributed by atoms with Gasteiger partial charge in [-0.25, -0.2) is 4.79 Å². The van der Waals surface area contributed by atoms with Gasteiger partial charge in [-0.05, 0) is 40.7 Å². The number of thioether (sulfide) groups is 1. The molecular formula is C21H13NO4S. The van der Waals surface area contributed by atoms with E-state index in [1.165, 1.54) is 6.08 Å². The highest BCUT2D eigenvalue weighted by molar-refractivity contribution is 8.18. The number of carbonyl (C=O) groups excluding carboxylic acids is 3. The standard InChI is InChI=1S/C21H13NO4S/c23-19-18(27-21(25)22-19)12-14-7-2-4-11-17(14)26-20(24)16-10-5-8-13-6-1-3-9-15(13)16/h1-12H,(H,22,23,25)/b18-12-. The summed E-state index contributed by atoms with van der Waals surface area (Å²) in [6.07, 6.45) is 1.54. The first-order valence-electron chi connectivity index (χ1n) is 8.15. The van der Waals surface area contributed by atoms with E-state index in [0.717, 1.165) is 22.5 Å². The Labute approximate surface area is 159 Å². The van der Waals surface area contributed by atoms with Gasteiger partial charge in [0.15, 0.2) is 0 Å². The van der Waals surface area contributed by atoms with E-state index in [0.29, 0.717) is 16.9 Å². The summed E-state index contributed by atoms with van der Waals surface area (Å²) in [7, 11) is 0. The number of amides is 2. The third-order valence-corrected chi connectivity index (χ3v) is 4.87. The number of benzene rings is 3.